The highest BCUT2D eigenvalue weighted by Gasteiger charge is 2.35. The number of amides is 3. The zero-order valence-corrected chi connectivity index (χ0v) is 18.4. The normalized spacial score (nSPS) is 16.2. The number of rotatable bonds is 5. The van der Waals surface area contributed by atoms with Crippen molar-refractivity contribution < 1.29 is 19.1 Å². The summed E-state index contributed by atoms with van der Waals surface area (Å²) in [6.45, 7) is 9.03. The first-order chi connectivity index (χ1) is 14.7. The molecular formula is C24H29N3O4. The summed E-state index contributed by atoms with van der Waals surface area (Å²) in [5.74, 6) is -0.732. The summed E-state index contributed by atoms with van der Waals surface area (Å²) in [4.78, 5) is 38.8. The molecule has 2 N–H and O–H groups in total. The fourth-order valence-corrected chi connectivity index (χ4v) is 3.44. The summed E-state index contributed by atoms with van der Waals surface area (Å²) in [5, 5.41) is 0. The SMILES string of the molecule is CCOc1ccc(N2C[C@@H](C(=O)NNC(=O)c3ccc(C(C)(C)C)cc3)CC2=O)cc1. The predicted molar refractivity (Wildman–Crippen MR) is 119 cm³/mol. The van der Waals surface area contributed by atoms with Gasteiger partial charge in [0, 0.05) is 24.2 Å². The maximum Gasteiger partial charge on any atom is 0.269 e. The zero-order chi connectivity index (χ0) is 22.6. The second-order valence-corrected chi connectivity index (χ2v) is 8.60. The highest BCUT2D eigenvalue weighted by atomic mass is 16.5. The number of nitrogens with one attached hydrogen (secondary N) is 2. The third kappa shape index (κ3) is 5.42. The molecule has 1 atom stereocenters. The molecule has 31 heavy (non-hydrogen) atoms. The number of carbonyl (C=O) groups is 3. The summed E-state index contributed by atoms with van der Waals surface area (Å²) in [6.07, 6.45) is 0.0925. The average Bonchev–Trinajstić information content (AvgIpc) is 3.14. The Hall–Kier alpha value is -3.35. The lowest BCUT2D eigenvalue weighted by atomic mass is 9.87. The van der Waals surface area contributed by atoms with Gasteiger partial charge in [0.2, 0.25) is 11.8 Å². The lowest BCUT2D eigenvalue weighted by Gasteiger charge is -2.19. The fraction of sp³-hybridized carbons (Fsp3) is 0.375. The molecule has 164 valence electrons. The Bertz CT molecular complexity index is 946. The minimum atomic E-state index is -0.539. The standard InChI is InChI=1S/C24H29N3O4/c1-5-31-20-12-10-19(11-13-20)27-15-17(14-21(27)28)23(30)26-25-22(29)16-6-8-18(9-7-16)24(2,3)4/h6-13,17H,5,14-15H2,1-4H3,(H,25,29)(H,26,30)/t17-/m0/s1. The van der Waals surface area contributed by atoms with Crippen molar-refractivity contribution in [2.75, 3.05) is 18.1 Å². The molecule has 1 aliphatic rings. The molecule has 7 heteroatoms. The van der Waals surface area contributed by atoms with Crippen LogP contribution in [-0.4, -0.2) is 30.9 Å². The van der Waals surface area contributed by atoms with Crippen molar-refractivity contribution in [3.63, 3.8) is 0 Å². The Labute approximate surface area is 182 Å². The van der Waals surface area contributed by atoms with Crippen molar-refractivity contribution in [2.45, 2.75) is 39.5 Å². The van der Waals surface area contributed by atoms with Crippen LogP contribution in [0.4, 0.5) is 5.69 Å². The van der Waals surface area contributed by atoms with Gasteiger partial charge in [0.05, 0.1) is 12.5 Å². The molecule has 2 aromatic rings. The van der Waals surface area contributed by atoms with Crippen molar-refractivity contribution in [1.82, 2.24) is 10.9 Å². The van der Waals surface area contributed by atoms with Crippen LogP contribution >= 0.6 is 0 Å². The number of benzene rings is 2. The predicted octanol–water partition coefficient (Wildman–Crippen LogP) is 3.20. The van der Waals surface area contributed by atoms with Crippen molar-refractivity contribution >= 4 is 23.4 Å². The number of carbonyl (C=O) groups excluding carboxylic acids is 3. The number of ether oxygens (including phenoxy) is 1. The molecule has 0 saturated carbocycles. The smallest absolute Gasteiger partial charge is 0.269 e. The Morgan fingerprint density at radius 3 is 2.26 bits per heavy atom. The quantitative estimate of drug-likeness (QED) is 0.723. The zero-order valence-electron chi connectivity index (χ0n) is 18.4. The summed E-state index contributed by atoms with van der Waals surface area (Å²) in [5.41, 5.74) is 7.17. The maximum atomic E-state index is 12.5. The van der Waals surface area contributed by atoms with E-state index < -0.39 is 11.8 Å². The van der Waals surface area contributed by atoms with Gasteiger partial charge in [-0.1, -0.05) is 32.9 Å². The molecule has 0 spiro atoms. The summed E-state index contributed by atoms with van der Waals surface area (Å²) < 4.78 is 5.42. The first kappa shape index (κ1) is 22.3. The van der Waals surface area contributed by atoms with Crippen molar-refractivity contribution in [3.8, 4) is 5.75 Å². The molecule has 0 radical (unpaired) electrons. The third-order valence-electron chi connectivity index (χ3n) is 5.27. The van der Waals surface area contributed by atoms with E-state index >= 15 is 0 Å². The number of hydrogen-bond acceptors (Lipinski definition) is 4. The van der Waals surface area contributed by atoms with Crippen molar-refractivity contribution in [1.29, 1.82) is 0 Å². The monoisotopic (exact) mass is 423 g/mol. The van der Waals surface area contributed by atoms with E-state index in [1.807, 2.05) is 19.1 Å². The molecule has 0 aliphatic carbocycles. The van der Waals surface area contributed by atoms with Crippen LogP contribution in [-0.2, 0) is 15.0 Å². The Morgan fingerprint density at radius 2 is 1.68 bits per heavy atom. The molecule has 1 fully saturated rings. The van der Waals surface area contributed by atoms with Crippen LogP contribution in [0, 0.1) is 5.92 Å². The van der Waals surface area contributed by atoms with Crippen LogP contribution in [0.5, 0.6) is 5.75 Å². The maximum absolute atomic E-state index is 12.5. The summed E-state index contributed by atoms with van der Waals surface area (Å²) in [6, 6.07) is 14.5. The van der Waals surface area contributed by atoms with Crippen LogP contribution in [0.1, 0.15) is 50.0 Å². The second-order valence-electron chi connectivity index (χ2n) is 8.60. The van der Waals surface area contributed by atoms with Crippen LogP contribution < -0.4 is 20.5 Å². The first-order valence-electron chi connectivity index (χ1n) is 10.4. The molecule has 7 nitrogen and oxygen atoms in total. The summed E-state index contributed by atoms with van der Waals surface area (Å²) >= 11 is 0. The van der Waals surface area contributed by atoms with Gasteiger partial charge in [-0.3, -0.25) is 25.2 Å². The minimum absolute atomic E-state index is 0.00650. The van der Waals surface area contributed by atoms with E-state index in [1.165, 1.54) is 0 Å². The summed E-state index contributed by atoms with van der Waals surface area (Å²) in [7, 11) is 0. The molecule has 3 amide bonds. The van der Waals surface area contributed by atoms with Gasteiger partial charge in [0.15, 0.2) is 0 Å². The highest BCUT2D eigenvalue weighted by Crippen LogP contribution is 2.27. The Kier molecular flexibility index (Phi) is 6.63. The highest BCUT2D eigenvalue weighted by molar-refractivity contribution is 6.01. The number of hydrazine groups is 1. The molecular weight excluding hydrogens is 394 g/mol. The van der Waals surface area contributed by atoms with Gasteiger partial charge in [-0.05, 0) is 54.3 Å². The average molecular weight is 424 g/mol. The van der Waals surface area contributed by atoms with E-state index in [1.54, 1.807) is 41.3 Å². The fourth-order valence-electron chi connectivity index (χ4n) is 3.44. The van der Waals surface area contributed by atoms with Crippen molar-refractivity contribution in [3.05, 3.63) is 59.7 Å². The third-order valence-corrected chi connectivity index (χ3v) is 5.27. The number of hydrogen-bond donors (Lipinski definition) is 2. The molecule has 1 saturated heterocycles. The van der Waals surface area contributed by atoms with E-state index in [2.05, 4.69) is 31.6 Å². The van der Waals surface area contributed by atoms with Crippen LogP contribution in [0.25, 0.3) is 0 Å². The molecule has 1 aliphatic heterocycles. The van der Waals surface area contributed by atoms with E-state index in [0.717, 1.165) is 11.3 Å². The number of nitrogens with zero attached hydrogens (tertiary/aromatic N) is 1. The molecule has 0 unspecified atom stereocenters. The van der Waals surface area contributed by atoms with Gasteiger partial charge < -0.3 is 9.64 Å². The largest absolute Gasteiger partial charge is 0.494 e. The Balaban J connectivity index is 1.55. The van der Waals surface area contributed by atoms with Gasteiger partial charge in [0.25, 0.3) is 5.91 Å². The molecule has 1 heterocycles. The molecule has 2 aromatic carbocycles. The number of anilines is 1. The van der Waals surface area contributed by atoms with E-state index in [9.17, 15) is 14.4 Å². The van der Waals surface area contributed by atoms with Gasteiger partial charge in [-0.15, -0.1) is 0 Å². The van der Waals surface area contributed by atoms with Gasteiger partial charge >= 0.3 is 0 Å². The van der Waals surface area contributed by atoms with Crippen LogP contribution in [0.3, 0.4) is 0 Å². The lowest BCUT2D eigenvalue weighted by molar-refractivity contribution is -0.126. The Morgan fingerprint density at radius 1 is 1.03 bits per heavy atom. The molecule has 0 bridgehead atoms. The van der Waals surface area contributed by atoms with Crippen LogP contribution in [0.2, 0.25) is 0 Å². The second kappa shape index (κ2) is 9.20. The van der Waals surface area contributed by atoms with Gasteiger partial charge in [-0.2, -0.15) is 0 Å². The topological polar surface area (TPSA) is 87.7 Å². The van der Waals surface area contributed by atoms with E-state index in [4.69, 9.17) is 4.74 Å². The van der Waals surface area contributed by atoms with E-state index in [-0.39, 0.29) is 30.2 Å². The first-order valence-corrected chi connectivity index (χ1v) is 10.4. The van der Waals surface area contributed by atoms with Gasteiger partial charge in [-0.25, -0.2) is 0 Å². The van der Waals surface area contributed by atoms with Crippen LogP contribution in [0.15, 0.2) is 48.5 Å². The van der Waals surface area contributed by atoms with E-state index in [0.29, 0.717) is 17.9 Å². The molecule has 0 aromatic heterocycles. The lowest BCUT2D eigenvalue weighted by Crippen LogP contribution is -2.45. The minimum Gasteiger partial charge on any atom is -0.494 e. The van der Waals surface area contributed by atoms with Crippen molar-refractivity contribution in [2.24, 2.45) is 5.92 Å². The molecule has 3 rings (SSSR count). The van der Waals surface area contributed by atoms with Gasteiger partial charge in [0.1, 0.15) is 5.75 Å².